The first kappa shape index (κ1) is 16.5. The van der Waals surface area contributed by atoms with Crippen molar-refractivity contribution in [2.45, 2.75) is 11.5 Å². The van der Waals surface area contributed by atoms with Gasteiger partial charge in [-0.05, 0) is 54.8 Å². The molecule has 0 aliphatic carbocycles. The van der Waals surface area contributed by atoms with E-state index in [0.29, 0.717) is 16.4 Å². The van der Waals surface area contributed by atoms with Crippen molar-refractivity contribution in [2.24, 2.45) is 0 Å². The van der Waals surface area contributed by atoms with E-state index in [-0.39, 0.29) is 12.5 Å². The van der Waals surface area contributed by atoms with Gasteiger partial charge in [0.15, 0.2) is 6.61 Å². The molecule has 0 fully saturated rings. The molecule has 0 amide bonds. The number of nitrogens with zero attached hydrogens (tertiary/aromatic N) is 2. The molecule has 7 heteroatoms. The Morgan fingerprint density at radius 1 is 1.17 bits per heavy atom. The van der Waals surface area contributed by atoms with Crippen LogP contribution in [0.3, 0.4) is 0 Å². The van der Waals surface area contributed by atoms with Gasteiger partial charge in [0.25, 0.3) is 5.89 Å². The molecule has 1 aromatic heterocycles. The van der Waals surface area contributed by atoms with Crippen LogP contribution < -0.4 is 0 Å². The van der Waals surface area contributed by atoms with Crippen molar-refractivity contribution in [1.29, 1.82) is 0 Å². The lowest BCUT2D eigenvalue weighted by Crippen LogP contribution is -2.05. The summed E-state index contributed by atoms with van der Waals surface area (Å²) in [6.07, 6.45) is 1.97. The Labute approximate surface area is 148 Å². The number of aromatic nitrogens is 2. The van der Waals surface area contributed by atoms with E-state index in [2.05, 4.69) is 10.1 Å². The van der Waals surface area contributed by atoms with Gasteiger partial charge in [0.05, 0.1) is 5.56 Å². The molecule has 5 nitrogen and oxygen atoms in total. The van der Waals surface area contributed by atoms with Crippen LogP contribution in [-0.2, 0) is 11.3 Å². The number of ether oxygens (including phenoxy) is 1. The molecule has 3 aromatic rings. The van der Waals surface area contributed by atoms with Crippen LogP contribution in [0, 0.1) is 0 Å². The lowest BCUT2D eigenvalue weighted by molar-refractivity contribution is 0.0429. The minimum absolute atomic E-state index is 0.0797. The Morgan fingerprint density at radius 2 is 1.88 bits per heavy atom. The number of carbonyl (C=O) groups excluding carboxylic acids is 1. The van der Waals surface area contributed by atoms with Crippen LogP contribution in [0.5, 0.6) is 0 Å². The van der Waals surface area contributed by atoms with E-state index in [9.17, 15) is 4.79 Å². The normalized spacial score (nSPS) is 10.6. The molecule has 0 radical (unpaired) electrons. The fraction of sp³-hybridized carbons (Fsp3) is 0.118. The molecule has 0 N–H and O–H groups in total. The van der Waals surface area contributed by atoms with Crippen molar-refractivity contribution < 1.29 is 14.1 Å². The summed E-state index contributed by atoms with van der Waals surface area (Å²) in [5.74, 6) is 0.213. The maximum absolute atomic E-state index is 12.0. The standard InChI is InChI=1S/C17H13ClN2O3S/c1-24-14-8-4-12(5-9-14)17(21)22-10-15-19-16(20-23-15)11-2-6-13(18)7-3-11/h2-9H,10H2,1H3. The first-order valence-corrected chi connectivity index (χ1v) is 8.65. The molecule has 0 bridgehead atoms. The van der Waals surface area contributed by atoms with Crippen LogP contribution in [-0.4, -0.2) is 22.4 Å². The van der Waals surface area contributed by atoms with E-state index >= 15 is 0 Å². The molecule has 1 heterocycles. The van der Waals surface area contributed by atoms with Gasteiger partial charge < -0.3 is 9.26 Å². The quantitative estimate of drug-likeness (QED) is 0.494. The van der Waals surface area contributed by atoms with Crippen molar-refractivity contribution >= 4 is 29.3 Å². The van der Waals surface area contributed by atoms with Crippen LogP contribution in [0.1, 0.15) is 16.2 Å². The molecule has 0 unspecified atom stereocenters. The molecule has 0 aliphatic heterocycles. The van der Waals surface area contributed by atoms with Gasteiger partial charge in [-0.15, -0.1) is 11.8 Å². The lowest BCUT2D eigenvalue weighted by atomic mass is 10.2. The highest BCUT2D eigenvalue weighted by Gasteiger charge is 2.12. The summed E-state index contributed by atoms with van der Waals surface area (Å²) in [6.45, 7) is -0.0797. The van der Waals surface area contributed by atoms with Crippen molar-refractivity contribution in [1.82, 2.24) is 10.1 Å². The summed E-state index contributed by atoms with van der Waals surface area (Å²) >= 11 is 7.45. The van der Waals surface area contributed by atoms with Gasteiger partial charge in [0.2, 0.25) is 5.82 Å². The van der Waals surface area contributed by atoms with Crippen LogP contribution in [0.25, 0.3) is 11.4 Å². The van der Waals surface area contributed by atoms with E-state index in [1.54, 1.807) is 48.2 Å². The van der Waals surface area contributed by atoms with Crippen molar-refractivity contribution in [2.75, 3.05) is 6.26 Å². The molecule has 2 aromatic carbocycles. The Balaban J connectivity index is 1.62. The first-order valence-electron chi connectivity index (χ1n) is 7.05. The Morgan fingerprint density at radius 3 is 2.54 bits per heavy atom. The molecule has 0 saturated carbocycles. The number of halogens is 1. The summed E-state index contributed by atoms with van der Waals surface area (Å²) in [6, 6.07) is 14.2. The van der Waals surface area contributed by atoms with E-state index < -0.39 is 5.97 Å². The highest BCUT2D eigenvalue weighted by atomic mass is 35.5. The first-order chi connectivity index (χ1) is 11.7. The third kappa shape index (κ3) is 3.96. The van der Waals surface area contributed by atoms with Crippen molar-refractivity contribution in [3.63, 3.8) is 0 Å². The summed E-state index contributed by atoms with van der Waals surface area (Å²) < 4.78 is 10.3. The Bertz CT molecular complexity index is 832. The zero-order chi connectivity index (χ0) is 16.9. The SMILES string of the molecule is CSc1ccc(C(=O)OCc2nc(-c3ccc(Cl)cc3)no2)cc1. The highest BCUT2D eigenvalue weighted by molar-refractivity contribution is 7.98. The maximum Gasteiger partial charge on any atom is 0.338 e. The zero-order valence-electron chi connectivity index (χ0n) is 12.7. The Kier molecular flexibility index (Phi) is 5.17. The average Bonchev–Trinajstić information content (AvgIpc) is 3.09. The second-order valence-corrected chi connectivity index (χ2v) is 6.14. The molecule has 3 rings (SSSR count). The lowest BCUT2D eigenvalue weighted by Gasteiger charge is -2.02. The van der Waals surface area contributed by atoms with Crippen molar-refractivity contribution in [3.8, 4) is 11.4 Å². The number of carbonyl (C=O) groups is 1. The zero-order valence-corrected chi connectivity index (χ0v) is 14.3. The van der Waals surface area contributed by atoms with Crippen LogP contribution in [0.4, 0.5) is 0 Å². The van der Waals surface area contributed by atoms with Gasteiger partial charge in [0.1, 0.15) is 0 Å². The summed E-state index contributed by atoms with van der Waals surface area (Å²) in [5.41, 5.74) is 1.25. The van der Waals surface area contributed by atoms with Gasteiger partial charge in [-0.3, -0.25) is 0 Å². The minimum Gasteiger partial charge on any atom is -0.452 e. The average molecular weight is 361 g/mol. The second-order valence-electron chi connectivity index (χ2n) is 4.82. The number of hydrogen-bond donors (Lipinski definition) is 0. The molecule has 0 spiro atoms. The number of hydrogen-bond acceptors (Lipinski definition) is 6. The highest BCUT2D eigenvalue weighted by Crippen LogP contribution is 2.19. The molecular weight excluding hydrogens is 348 g/mol. The van der Waals surface area contributed by atoms with Crippen molar-refractivity contribution in [3.05, 3.63) is 65.0 Å². The molecule has 0 saturated heterocycles. The van der Waals surface area contributed by atoms with Crippen LogP contribution >= 0.6 is 23.4 Å². The number of esters is 1. The van der Waals surface area contributed by atoms with E-state index in [1.165, 1.54) is 0 Å². The van der Waals surface area contributed by atoms with Gasteiger partial charge in [0, 0.05) is 15.5 Å². The largest absolute Gasteiger partial charge is 0.452 e. The van der Waals surface area contributed by atoms with Gasteiger partial charge in [-0.25, -0.2) is 4.79 Å². The maximum atomic E-state index is 12.0. The van der Waals surface area contributed by atoms with E-state index in [1.807, 2.05) is 18.4 Å². The van der Waals surface area contributed by atoms with E-state index in [0.717, 1.165) is 10.5 Å². The number of rotatable bonds is 5. The third-order valence-electron chi connectivity index (χ3n) is 3.22. The third-order valence-corrected chi connectivity index (χ3v) is 4.22. The van der Waals surface area contributed by atoms with E-state index in [4.69, 9.17) is 20.9 Å². The topological polar surface area (TPSA) is 65.2 Å². The number of benzene rings is 2. The monoisotopic (exact) mass is 360 g/mol. The predicted molar refractivity (Wildman–Crippen MR) is 92.1 cm³/mol. The van der Waals surface area contributed by atoms with Crippen LogP contribution in [0.2, 0.25) is 5.02 Å². The van der Waals surface area contributed by atoms with Gasteiger partial charge >= 0.3 is 5.97 Å². The Hall–Kier alpha value is -2.31. The minimum atomic E-state index is -0.436. The fourth-order valence-electron chi connectivity index (χ4n) is 1.97. The van der Waals surface area contributed by atoms with Gasteiger partial charge in [-0.2, -0.15) is 4.98 Å². The molecule has 0 aliphatic rings. The fourth-order valence-corrected chi connectivity index (χ4v) is 2.50. The summed E-state index contributed by atoms with van der Waals surface area (Å²) in [5, 5.41) is 4.49. The second kappa shape index (κ2) is 7.51. The molecular formula is C17H13ClN2O3S. The predicted octanol–water partition coefficient (Wildman–Crippen LogP) is 4.47. The number of thioether (sulfide) groups is 1. The molecule has 122 valence electrons. The summed E-state index contributed by atoms with van der Waals surface area (Å²) in [7, 11) is 0. The summed E-state index contributed by atoms with van der Waals surface area (Å²) in [4.78, 5) is 17.3. The van der Waals surface area contributed by atoms with Crippen LogP contribution in [0.15, 0.2) is 57.9 Å². The molecule has 0 atom stereocenters. The smallest absolute Gasteiger partial charge is 0.338 e. The molecule has 24 heavy (non-hydrogen) atoms. The van der Waals surface area contributed by atoms with Gasteiger partial charge in [-0.1, -0.05) is 16.8 Å².